The molecule has 2 fully saturated rings. The van der Waals surface area contributed by atoms with Crippen molar-refractivity contribution in [3.8, 4) is 11.5 Å². The number of likely N-dealkylation sites (N-methyl/N-ethyl adjacent to an activating group) is 1. The highest BCUT2D eigenvalue weighted by molar-refractivity contribution is 5.50. The van der Waals surface area contributed by atoms with E-state index in [4.69, 9.17) is 0 Å². The maximum absolute atomic E-state index is 10.8. The van der Waals surface area contributed by atoms with Gasteiger partial charge in [-0.05, 0) is 68.2 Å². The number of rotatable bonds is 6. The number of hydrogen-bond donors (Lipinski definition) is 2. The maximum atomic E-state index is 10.8. The molecular formula is C24H40N2O2. The Labute approximate surface area is 171 Å². The number of nitrogens with zero attached hydrogens (tertiary/aromatic N) is 2. The highest BCUT2D eigenvalue weighted by Crippen LogP contribution is 2.45. The molecule has 0 unspecified atom stereocenters. The molecule has 0 aromatic heterocycles. The van der Waals surface area contributed by atoms with Crippen LogP contribution in [0.3, 0.4) is 0 Å². The fourth-order valence-electron chi connectivity index (χ4n) is 5.11. The Bertz CT molecular complexity index is 619. The van der Waals surface area contributed by atoms with E-state index in [9.17, 15) is 10.2 Å². The van der Waals surface area contributed by atoms with Gasteiger partial charge in [-0.1, -0.05) is 33.6 Å². The molecule has 0 bridgehead atoms. The predicted octanol–water partition coefficient (Wildman–Crippen LogP) is 4.84. The Morgan fingerprint density at radius 3 is 2.07 bits per heavy atom. The number of benzene rings is 1. The third-order valence-electron chi connectivity index (χ3n) is 7.23. The monoisotopic (exact) mass is 388 g/mol. The van der Waals surface area contributed by atoms with E-state index in [1.165, 1.54) is 13.1 Å². The van der Waals surface area contributed by atoms with Gasteiger partial charge in [-0.15, -0.1) is 0 Å². The summed E-state index contributed by atoms with van der Waals surface area (Å²) >= 11 is 0. The summed E-state index contributed by atoms with van der Waals surface area (Å²) in [4.78, 5) is 5.05. The molecule has 1 heterocycles. The van der Waals surface area contributed by atoms with E-state index in [-0.39, 0.29) is 11.3 Å². The molecule has 0 radical (unpaired) electrons. The van der Waals surface area contributed by atoms with Crippen LogP contribution in [0, 0.1) is 0 Å². The van der Waals surface area contributed by atoms with E-state index in [2.05, 4.69) is 37.6 Å². The Hall–Kier alpha value is -1.26. The molecule has 1 aromatic carbocycles. The molecule has 1 saturated heterocycles. The Morgan fingerprint density at radius 1 is 0.964 bits per heavy atom. The van der Waals surface area contributed by atoms with Crippen LogP contribution in [0.4, 0.5) is 0 Å². The normalized spacial score (nSPS) is 25.1. The van der Waals surface area contributed by atoms with Crippen LogP contribution in [0.1, 0.15) is 82.8 Å². The first-order valence-electron chi connectivity index (χ1n) is 11.3. The number of phenols is 2. The Kier molecular flexibility index (Phi) is 6.93. The average molecular weight is 389 g/mol. The molecule has 0 atom stereocenters. The summed E-state index contributed by atoms with van der Waals surface area (Å²) in [7, 11) is 2.20. The topological polar surface area (TPSA) is 46.9 Å². The van der Waals surface area contributed by atoms with Gasteiger partial charge in [0, 0.05) is 37.8 Å². The van der Waals surface area contributed by atoms with Crippen molar-refractivity contribution in [2.75, 3.05) is 33.2 Å². The number of piperazine rings is 1. The summed E-state index contributed by atoms with van der Waals surface area (Å²) in [5, 5.41) is 21.6. The third kappa shape index (κ3) is 4.83. The van der Waals surface area contributed by atoms with E-state index < -0.39 is 0 Å². The Morgan fingerprint density at radius 2 is 1.54 bits per heavy atom. The van der Waals surface area contributed by atoms with E-state index in [1.807, 2.05) is 12.1 Å². The lowest BCUT2D eigenvalue weighted by molar-refractivity contribution is 0.0875. The fourth-order valence-corrected chi connectivity index (χ4v) is 5.11. The summed E-state index contributed by atoms with van der Waals surface area (Å²) in [6.07, 6.45) is 7.82. The van der Waals surface area contributed by atoms with E-state index in [0.29, 0.717) is 17.5 Å². The zero-order valence-corrected chi connectivity index (χ0v) is 18.4. The summed E-state index contributed by atoms with van der Waals surface area (Å²) in [5.74, 6) is 0.863. The first kappa shape index (κ1) is 21.4. The maximum Gasteiger partial charge on any atom is 0.123 e. The molecule has 2 aliphatic rings. The van der Waals surface area contributed by atoms with Crippen molar-refractivity contribution >= 4 is 0 Å². The van der Waals surface area contributed by atoms with Crippen LogP contribution < -0.4 is 0 Å². The lowest BCUT2D eigenvalue weighted by atomic mass is 9.76. The van der Waals surface area contributed by atoms with Crippen molar-refractivity contribution in [2.24, 2.45) is 0 Å². The lowest BCUT2D eigenvalue weighted by Crippen LogP contribution is -2.49. The van der Waals surface area contributed by atoms with Crippen LogP contribution in [0.2, 0.25) is 0 Å². The molecule has 3 rings (SSSR count). The molecule has 1 aliphatic heterocycles. The van der Waals surface area contributed by atoms with Gasteiger partial charge in [0.05, 0.1) is 0 Å². The quantitative estimate of drug-likeness (QED) is 0.732. The minimum atomic E-state index is -0.0252. The number of phenolic OH excluding ortho intramolecular Hbond substituents is 2. The molecule has 1 aliphatic carbocycles. The molecule has 4 heteroatoms. The van der Waals surface area contributed by atoms with Crippen LogP contribution >= 0.6 is 0 Å². The highest BCUT2D eigenvalue weighted by atomic mass is 16.3. The van der Waals surface area contributed by atoms with Gasteiger partial charge in [-0.2, -0.15) is 0 Å². The SMILES string of the molecule is CCCCC(C)(C)c1cc(O)c(C2CCC(N3CCN(C)CC3)CC2)c(O)c1. The summed E-state index contributed by atoms with van der Waals surface area (Å²) in [6.45, 7) is 11.3. The second kappa shape index (κ2) is 9.04. The van der Waals surface area contributed by atoms with Crippen molar-refractivity contribution in [3.63, 3.8) is 0 Å². The summed E-state index contributed by atoms with van der Waals surface area (Å²) in [5.41, 5.74) is 1.81. The second-order valence-electron chi connectivity index (χ2n) is 9.76. The van der Waals surface area contributed by atoms with Crippen molar-refractivity contribution in [3.05, 3.63) is 23.3 Å². The minimum Gasteiger partial charge on any atom is -0.508 e. The van der Waals surface area contributed by atoms with Gasteiger partial charge in [0.15, 0.2) is 0 Å². The zero-order chi connectivity index (χ0) is 20.3. The van der Waals surface area contributed by atoms with Gasteiger partial charge in [-0.3, -0.25) is 4.90 Å². The van der Waals surface area contributed by atoms with Crippen LogP contribution in [-0.4, -0.2) is 59.3 Å². The van der Waals surface area contributed by atoms with Crippen molar-refractivity contribution < 1.29 is 10.2 Å². The first-order valence-corrected chi connectivity index (χ1v) is 11.3. The summed E-state index contributed by atoms with van der Waals surface area (Å²) in [6, 6.07) is 4.50. The number of hydrogen-bond acceptors (Lipinski definition) is 4. The zero-order valence-electron chi connectivity index (χ0n) is 18.4. The number of unbranched alkanes of at least 4 members (excludes halogenated alkanes) is 1. The lowest BCUT2D eigenvalue weighted by Gasteiger charge is -2.41. The fraction of sp³-hybridized carbons (Fsp3) is 0.750. The van der Waals surface area contributed by atoms with Gasteiger partial charge < -0.3 is 15.1 Å². The average Bonchev–Trinajstić information content (AvgIpc) is 2.67. The second-order valence-corrected chi connectivity index (χ2v) is 9.76. The van der Waals surface area contributed by atoms with Crippen LogP contribution in [-0.2, 0) is 5.41 Å². The predicted molar refractivity (Wildman–Crippen MR) is 116 cm³/mol. The van der Waals surface area contributed by atoms with E-state index >= 15 is 0 Å². The third-order valence-corrected chi connectivity index (χ3v) is 7.23. The van der Waals surface area contributed by atoms with Crippen molar-refractivity contribution in [1.82, 2.24) is 9.80 Å². The standard InChI is InChI=1S/C24H40N2O2/c1-5-6-11-24(2,3)19-16-21(27)23(22(28)17-19)18-7-9-20(10-8-18)26-14-12-25(4)13-15-26/h16-18,20,27-28H,5-15H2,1-4H3. The van der Waals surface area contributed by atoms with Gasteiger partial charge in [0.25, 0.3) is 0 Å². The molecule has 0 spiro atoms. The van der Waals surface area contributed by atoms with Crippen molar-refractivity contribution in [1.29, 1.82) is 0 Å². The summed E-state index contributed by atoms with van der Waals surface area (Å²) < 4.78 is 0. The van der Waals surface area contributed by atoms with Gasteiger partial charge in [0.2, 0.25) is 0 Å². The van der Waals surface area contributed by atoms with Crippen molar-refractivity contribution in [2.45, 2.75) is 83.1 Å². The molecule has 2 N–H and O–H groups in total. The molecule has 4 nitrogen and oxygen atoms in total. The van der Waals surface area contributed by atoms with Crippen LogP contribution in [0.25, 0.3) is 0 Å². The van der Waals surface area contributed by atoms with E-state index in [0.717, 1.165) is 69.2 Å². The highest BCUT2D eigenvalue weighted by Gasteiger charge is 2.31. The van der Waals surface area contributed by atoms with Crippen LogP contribution in [0.5, 0.6) is 11.5 Å². The minimum absolute atomic E-state index is 0.0252. The largest absolute Gasteiger partial charge is 0.508 e. The first-order chi connectivity index (χ1) is 13.3. The molecule has 1 aromatic rings. The van der Waals surface area contributed by atoms with E-state index in [1.54, 1.807) is 0 Å². The molecule has 1 saturated carbocycles. The smallest absolute Gasteiger partial charge is 0.123 e. The molecule has 0 amide bonds. The van der Waals surface area contributed by atoms with Gasteiger partial charge in [-0.25, -0.2) is 0 Å². The molecule has 158 valence electrons. The molecule has 28 heavy (non-hydrogen) atoms. The Balaban J connectivity index is 1.66. The number of aromatic hydroxyl groups is 2. The van der Waals surface area contributed by atoms with Gasteiger partial charge in [0.1, 0.15) is 11.5 Å². The van der Waals surface area contributed by atoms with Gasteiger partial charge >= 0.3 is 0 Å². The molecular weight excluding hydrogens is 348 g/mol. The van der Waals surface area contributed by atoms with Crippen LogP contribution in [0.15, 0.2) is 12.1 Å².